The predicted octanol–water partition coefficient (Wildman–Crippen LogP) is 2.86. The molecule has 2 aliphatic rings. The highest BCUT2D eigenvalue weighted by Crippen LogP contribution is 2.38. The molecule has 0 aromatic rings. The number of rotatable bonds is 3. The molecule has 2 rings (SSSR count). The molecular formula is C14H25NO. The van der Waals surface area contributed by atoms with Crippen LogP contribution in [0.3, 0.4) is 0 Å². The molecule has 1 saturated carbocycles. The van der Waals surface area contributed by atoms with E-state index < -0.39 is 0 Å². The van der Waals surface area contributed by atoms with Crippen LogP contribution < -0.4 is 0 Å². The van der Waals surface area contributed by atoms with Gasteiger partial charge in [-0.15, -0.1) is 0 Å². The Kier molecular flexibility index (Phi) is 3.13. The van der Waals surface area contributed by atoms with E-state index in [0.717, 1.165) is 18.9 Å². The van der Waals surface area contributed by atoms with E-state index in [9.17, 15) is 4.79 Å². The molecule has 92 valence electrons. The SMILES string of the molecule is CC(C1CC1)N1CCCC1C(=O)C(C)(C)C. The van der Waals surface area contributed by atoms with Gasteiger partial charge in [-0.2, -0.15) is 0 Å². The summed E-state index contributed by atoms with van der Waals surface area (Å²) in [6.07, 6.45) is 5.01. The lowest BCUT2D eigenvalue weighted by Crippen LogP contribution is -2.46. The van der Waals surface area contributed by atoms with E-state index in [0.29, 0.717) is 11.8 Å². The summed E-state index contributed by atoms with van der Waals surface area (Å²) < 4.78 is 0. The van der Waals surface area contributed by atoms with Crippen molar-refractivity contribution in [2.75, 3.05) is 6.54 Å². The fraction of sp³-hybridized carbons (Fsp3) is 0.929. The Balaban J connectivity index is 2.05. The summed E-state index contributed by atoms with van der Waals surface area (Å²) in [6, 6.07) is 0.828. The summed E-state index contributed by atoms with van der Waals surface area (Å²) in [5.41, 5.74) is -0.184. The van der Waals surface area contributed by atoms with Crippen molar-refractivity contribution in [2.24, 2.45) is 11.3 Å². The van der Waals surface area contributed by atoms with Crippen molar-refractivity contribution in [1.29, 1.82) is 0 Å². The molecule has 1 aliphatic heterocycles. The fourth-order valence-corrected chi connectivity index (χ4v) is 2.91. The Morgan fingerprint density at radius 3 is 2.38 bits per heavy atom. The first kappa shape index (κ1) is 12.1. The van der Waals surface area contributed by atoms with Crippen molar-refractivity contribution < 1.29 is 4.79 Å². The van der Waals surface area contributed by atoms with E-state index in [1.807, 2.05) is 20.8 Å². The van der Waals surface area contributed by atoms with Crippen molar-refractivity contribution in [3.63, 3.8) is 0 Å². The lowest BCUT2D eigenvalue weighted by molar-refractivity contribution is -0.131. The van der Waals surface area contributed by atoms with Gasteiger partial charge in [0.2, 0.25) is 0 Å². The summed E-state index contributed by atoms with van der Waals surface area (Å²) in [6.45, 7) is 9.59. The third-order valence-corrected chi connectivity index (χ3v) is 4.16. The monoisotopic (exact) mass is 223 g/mol. The van der Waals surface area contributed by atoms with Gasteiger partial charge in [-0.1, -0.05) is 20.8 Å². The second-order valence-electron chi connectivity index (χ2n) is 6.59. The molecule has 0 bridgehead atoms. The van der Waals surface area contributed by atoms with Crippen LogP contribution in [0.25, 0.3) is 0 Å². The molecule has 0 N–H and O–H groups in total. The van der Waals surface area contributed by atoms with Gasteiger partial charge in [0.15, 0.2) is 5.78 Å². The Bertz CT molecular complexity index is 275. The molecule has 1 aliphatic carbocycles. The average molecular weight is 223 g/mol. The molecule has 2 heteroatoms. The summed E-state index contributed by atoms with van der Waals surface area (Å²) in [5, 5.41) is 0. The van der Waals surface area contributed by atoms with E-state index in [1.54, 1.807) is 0 Å². The number of nitrogens with zero attached hydrogens (tertiary/aromatic N) is 1. The maximum atomic E-state index is 12.4. The minimum Gasteiger partial charge on any atom is -0.297 e. The Morgan fingerprint density at radius 1 is 1.25 bits per heavy atom. The molecule has 1 saturated heterocycles. The van der Waals surface area contributed by atoms with E-state index in [4.69, 9.17) is 0 Å². The van der Waals surface area contributed by atoms with Crippen LogP contribution in [0, 0.1) is 11.3 Å². The zero-order valence-corrected chi connectivity index (χ0v) is 11.1. The van der Waals surface area contributed by atoms with Crippen LogP contribution in [-0.2, 0) is 4.79 Å². The number of carbonyl (C=O) groups is 1. The number of hydrogen-bond acceptors (Lipinski definition) is 2. The number of likely N-dealkylation sites (tertiary alicyclic amines) is 1. The maximum absolute atomic E-state index is 12.4. The topological polar surface area (TPSA) is 20.3 Å². The first-order chi connectivity index (χ1) is 7.41. The molecular weight excluding hydrogens is 198 g/mol. The van der Waals surface area contributed by atoms with Gasteiger partial charge in [0.1, 0.15) is 0 Å². The van der Waals surface area contributed by atoms with Crippen LogP contribution in [0.5, 0.6) is 0 Å². The van der Waals surface area contributed by atoms with Crippen LogP contribution in [0.4, 0.5) is 0 Å². The molecule has 2 nitrogen and oxygen atoms in total. The van der Waals surface area contributed by atoms with Crippen molar-refractivity contribution in [1.82, 2.24) is 4.90 Å². The number of hydrogen-bond donors (Lipinski definition) is 0. The highest BCUT2D eigenvalue weighted by Gasteiger charge is 2.42. The third-order valence-electron chi connectivity index (χ3n) is 4.16. The normalized spacial score (nSPS) is 29.4. The average Bonchev–Trinajstić information content (AvgIpc) is 2.92. The number of ketones is 1. The lowest BCUT2D eigenvalue weighted by Gasteiger charge is -2.33. The summed E-state index contributed by atoms with van der Waals surface area (Å²) in [7, 11) is 0. The van der Waals surface area contributed by atoms with Crippen LogP contribution in [0.1, 0.15) is 53.4 Å². The quantitative estimate of drug-likeness (QED) is 0.733. The maximum Gasteiger partial charge on any atom is 0.155 e. The van der Waals surface area contributed by atoms with E-state index in [1.165, 1.54) is 19.3 Å². The number of carbonyl (C=O) groups excluding carboxylic acids is 1. The Morgan fingerprint density at radius 2 is 1.88 bits per heavy atom. The van der Waals surface area contributed by atoms with Crippen LogP contribution in [-0.4, -0.2) is 29.3 Å². The summed E-state index contributed by atoms with van der Waals surface area (Å²) in [5.74, 6) is 1.31. The lowest BCUT2D eigenvalue weighted by atomic mass is 9.85. The highest BCUT2D eigenvalue weighted by atomic mass is 16.1. The molecule has 2 fully saturated rings. The second kappa shape index (κ2) is 4.14. The third kappa shape index (κ3) is 2.32. The van der Waals surface area contributed by atoms with Gasteiger partial charge in [0.05, 0.1) is 6.04 Å². The minimum absolute atomic E-state index is 0.184. The number of Topliss-reactive ketones (excluding diaryl/α,β-unsaturated/α-hetero) is 1. The first-order valence-electron chi connectivity index (χ1n) is 6.71. The molecule has 0 radical (unpaired) electrons. The van der Waals surface area contributed by atoms with Gasteiger partial charge in [-0.05, 0) is 45.1 Å². The van der Waals surface area contributed by atoms with Crippen molar-refractivity contribution in [2.45, 2.75) is 65.5 Å². The van der Waals surface area contributed by atoms with E-state index >= 15 is 0 Å². The smallest absolute Gasteiger partial charge is 0.155 e. The molecule has 16 heavy (non-hydrogen) atoms. The minimum atomic E-state index is -0.184. The second-order valence-corrected chi connectivity index (χ2v) is 6.59. The molecule has 0 amide bonds. The van der Waals surface area contributed by atoms with Gasteiger partial charge < -0.3 is 0 Å². The van der Waals surface area contributed by atoms with Gasteiger partial charge in [0.25, 0.3) is 0 Å². The van der Waals surface area contributed by atoms with Gasteiger partial charge in [-0.3, -0.25) is 9.69 Å². The van der Waals surface area contributed by atoms with Gasteiger partial charge in [-0.25, -0.2) is 0 Å². The molecule has 1 heterocycles. The van der Waals surface area contributed by atoms with Crippen molar-refractivity contribution in [3.8, 4) is 0 Å². The van der Waals surface area contributed by atoms with E-state index in [-0.39, 0.29) is 11.5 Å². The summed E-state index contributed by atoms with van der Waals surface area (Å²) >= 11 is 0. The molecule has 0 aromatic heterocycles. The Hall–Kier alpha value is -0.370. The fourth-order valence-electron chi connectivity index (χ4n) is 2.91. The van der Waals surface area contributed by atoms with Gasteiger partial charge in [0, 0.05) is 11.5 Å². The van der Waals surface area contributed by atoms with Crippen LogP contribution in [0.2, 0.25) is 0 Å². The molecule has 0 spiro atoms. The van der Waals surface area contributed by atoms with Crippen molar-refractivity contribution >= 4 is 5.78 Å². The zero-order valence-electron chi connectivity index (χ0n) is 11.1. The van der Waals surface area contributed by atoms with Crippen molar-refractivity contribution in [3.05, 3.63) is 0 Å². The largest absolute Gasteiger partial charge is 0.297 e. The van der Waals surface area contributed by atoms with Crippen LogP contribution in [0.15, 0.2) is 0 Å². The zero-order chi connectivity index (χ0) is 11.9. The summed E-state index contributed by atoms with van der Waals surface area (Å²) in [4.78, 5) is 14.9. The predicted molar refractivity (Wildman–Crippen MR) is 66.4 cm³/mol. The van der Waals surface area contributed by atoms with E-state index in [2.05, 4.69) is 11.8 Å². The Labute approximate surface area is 99.4 Å². The molecule has 0 aromatic carbocycles. The van der Waals surface area contributed by atoms with Crippen LogP contribution >= 0.6 is 0 Å². The molecule has 2 unspecified atom stereocenters. The van der Waals surface area contributed by atoms with Gasteiger partial charge >= 0.3 is 0 Å². The molecule has 2 atom stereocenters. The highest BCUT2D eigenvalue weighted by molar-refractivity contribution is 5.89. The standard InChI is InChI=1S/C14H25NO/c1-10(11-7-8-11)15-9-5-6-12(15)13(16)14(2,3)4/h10-12H,5-9H2,1-4H3. The first-order valence-corrected chi connectivity index (χ1v) is 6.71.